The lowest BCUT2D eigenvalue weighted by Gasteiger charge is -2.36. The normalized spacial score (nSPS) is 14.0. The fraction of sp³-hybridized carbons (Fsp3) is 0.800. The molecule has 78 valence electrons. The highest BCUT2D eigenvalue weighted by Crippen LogP contribution is 2.36. The van der Waals surface area contributed by atoms with Crippen molar-refractivity contribution in [2.75, 3.05) is 6.61 Å². The monoisotopic (exact) mass is 264 g/mol. The second-order valence-electron chi connectivity index (χ2n) is 4.76. The van der Waals surface area contributed by atoms with Gasteiger partial charge in [-0.3, -0.25) is 0 Å². The van der Waals surface area contributed by atoms with Gasteiger partial charge in [-0.2, -0.15) is 0 Å². The molecule has 0 heterocycles. The SMILES string of the molecule is CC(C)(C)[Si](C)(C)OCC/C=C/Br. The van der Waals surface area contributed by atoms with E-state index in [4.69, 9.17) is 4.43 Å². The zero-order chi connectivity index (χ0) is 10.5. The fourth-order valence-electron chi connectivity index (χ4n) is 0.662. The van der Waals surface area contributed by atoms with E-state index in [2.05, 4.69) is 55.9 Å². The molecule has 1 nitrogen and oxygen atoms in total. The first-order valence-electron chi connectivity index (χ1n) is 4.70. The van der Waals surface area contributed by atoms with Crippen molar-refractivity contribution in [3.8, 4) is 0 Å². The minimum atomic E-state index is -1.50. The molecule has 0 unspecified atom stereocenters. The van der Waals surface area contributed by atoms with Gasteiger partial charge in [0.05, 0.1) is 0 Å². The maximum atomic E-state index is 5.96. The van der Waals surface area contributed by atoms with Gasteiger partial charge in [-0.15, -0.1) is 0 Å². The smallest absolute Gasteiger partial charge is 0.191 e. The first-order chi connectivity index (χ1) is 5.81. The molecule has 0 spiro atoms. The first kappa shape index (κ1) is 13.4. The van der Waals surface area contributed by atoms with Gasteiger partial charge in [0.2, 0.25) is 0 Å². The molecule has 0 aromatic heterocycles. The largest absolute Gasteiger partial charge is 0.417 e. The van der Waals surface area contributed by atoms with Crippen LogP contribution in [0, 0.1) is 0 Å². The lowest BCUT2D eigenvalue weighted by molar-refractivity contribution is 0.294. The Bertz CT molecular complexity index is 170. The van der Waals surface area contributed by atoms with Crippen molar-refractivity contribution in [3.05, 3.63) is 11.1 Å². The molecule has 0 aromatic rings. The molecule has 0 aliphatic rings. The molecule has 0 saturated heterocycles. The van der Waals surface area contributed by atoms with Crippen molar-refractivity contribution in [1.29, 1.82) is 0 Å². The topological polar surface area (TPSA) is 9.23 Å². The number of halogens is 1. The van der Waals surface area contributed by atoms with Crippen molar-refractivity contribution < 1.29 is 4.43 Å². The van der Waals surface area contributed by atoms with Crippen molar-refractivity contribution in [2.45, 2.75) is 45.3 Å². The summed E-state index contributed by atoms with van der Waals surface area (Å²) < 4.78 is 5.96. The third kappa shape index (κ3) is 4.98. The summed E-state index contributed by atoms with van der Waals surface area (Å²) in [6.07, 6.45) is 3.07. The van der Waals surface area contributed by atoms with E-state index in [1.807, 2.05) is 4.99 Å². The van der Waals surface area contributed by atoms with Gasteiger partial charge in [-0.1, -0.05) is 42.8 Å². The summed E-state index contributed by atoms with van der Waals surface area (Å²) >= 11 is 3.24. The molecule has 0 radical (unpaired) electrons. The van der Waals surface area contributed by atoms with E-state index >= 15 is 0 Å². The van der Waals surface area contributed by atoms with Gasteiger partial charge in [0, 0.05) is 6.61 Å². The molecule has 0 bridgehead atoms. The lowest BCUT2D eigenvalue weighted by atomic mass is 10.2. The summed E-state index contributed by atoms with van der Waals surface area (Å²) in [7, 11) is -1.50. The third-order valence-corrected chi connectivity index (χ3v) is 7.55. The summed E-state index contributed by atoms with van der Waals surface area (Å²) in [4.78, 5) is 1.89. The van der Waals surface area contributed by atoms with Crippen molar-refractivity contribution in [1.82, 2.24) is 0 Å². The van der Waals surface area contributed by atoms with Crippen LogP contribution in [-0.2, 0) is 4.43 Å². The third-order valence-electron chi connectivity index (χ3n) is 2.64. The van der Waals surface area contributed by atoms with Crippen LogP contribution in [0.15, 0.2) is 11.1 Å². The quantitative estimate of drug-likeness (QED) is 0.543. The fourth-order valence-corrected chi connectivity index (χ4v) is 1.99. The Balaban J connectivity index is 3.90. The molecule has 0 rings (SSSR count). The van der Waals surface area contributed by atoms with E-state index in [0.29, 0.717) is 5.04 Å². The summed E-state index contributed by atoms with van der Waals surface area (Å²) in [6.45, 7) is 12.2. The Hall–Kier alpha value is 0.397. The van der Waals surface area contributed by atoms with Gasteiger partial charge in [0.1, 0.15) is 0 Å². The van der Waals surface area contributed by atoms with Gasteiger partial charge >= 0.3 is 0 Å². The summed E-state index contributed by atoms with van der Waals surface area (Å²) in [5, 5.41) is 0.325. The highest BCUT2D eigenvalue weighted by atomic mass is 79.9. The Labute approximate surface area is 91.8 Å². The predicted octanol–water partition coefficient (Wildman–Crippen LogP) is 4.31. The van der Waals surface area contributed by atoms with E-state index in [9.17, 15) is 0 Å². The van der Waals surface area contributed by atoms with Gasteiger partial charge < -0.3 is 4.43 Å². The summed E-state index contributed by atoms with van der Waals surface area (Å²) in [6, 6.07) is 0. The summed E-state index contributed by atoms with van der Waals surface area (Å²) in [5.41, 5.74) is 0. The molecule has 13 heavy (non-hydrogen) atoms. The maximum Gasteiger partial charge on any atom is 0.191 e. The molecule has 0 N–H and O–H groups in total. The van der Waals surface area contributed by atoms with E-state index in [1.165, 1.54) is 0 Å². The molecule has 3 heteroatoms. The van der Waals surface area contributed by atoms with Crippen LogP contribution in [0.3, 0.4) is 0 Å². The minimum Gasteiger partial charge on any atom is -0.417 e. The highest BCUT2D eigenvalue weighted by Gasteiger charge is 2.36. The van der Waals surface area contributed by atoms with Gasteiger partial charge in [-0.25, -0.2) is 0 Å². The Morgan fingerprint density at radius 1 is 1.31 bits per heavy atom. The first-order valence-corrected chi connectivity index (χ1v) is 8.53. The minimum absolute atomic E-state index is 0.325. The number of rotatable bonds is 4. The maximum absolute atomic E-state index is 5.96. The molecule has 0 aliphatic heterocycles. The van der Waals surface area contributed by atoms with E-state index in [-0.39, 0.29) is 0 Å². The lowest BCUT2D eigenvalue weighted by Crippen LogP contribution is -2.40. The second-order valence-corrected chi connectivity index (χ2v) is 10.1. The molecular weight excluding hydrogens is 244 g/mol. The van der Waals surface area contributed by atoms with Crippen LogP contribution in [-0.4, -0.2) is 14.9 Å². The predicted molar refractivity (Wildman–Crippen MR) is 65.8 cm³/mol. The molecular formula is C10H21BrOSi. The van der Waals surface area contributed by atoms with E-state index in [0.717, 1.165) is 13.0 Å². The van der Waals surface area contributed by atoms with Gasteiger partial charge in [-0.05, 0) is 29.5 Å². The van der Waals surface area contributed by atoms with Gasteiger partial charge in [0.15, 0.2) is 8.32 Å². The summed E-state index contributed by atoms with van der Waals surface area (Å²) in [5.74, 6) is 0. The molecule has 0 aromatic carbocycles. The van der Waals surface area contributed by atoms with Crippen LogP contribution >= 0.6 is 15.9 Å². The second kappa shape index (κ2) is 5.32. The standard InChI is InChI=1S/C10H21BrOSi/c1-10(2,3)13(4,5)12-9-7-6-8-11/h6,8H,7,9H2,1-5H3/b8-6+. The van der Waals surface area contributed by atoms with Crippen LogP contribution in [0.4, 0.5) is 0 Å². The molecule has 0 saturated carbocycles. The van der Waals surface area contributed by atoms with Crippen molar-refractivity contribution in [2.24, 2.45) is 0 Å². The molecule has 0 amide bonds. The van der Waals surface area contributed by atoms with Crippen LogP contribution < -0.4 is 0 Å². The van der Waals surface area contributed by atoms with Crippen molar-refractivity contribution in [3.63, 3.8) is 0 Å². The Kier molecular flexibility index (Phi) is 5.48. The highest BCUT2D eigenvalue weighted by molar-refractivity contribution is 9.11. The Morgan fingerprint density at radius 3 is 2.23 bits per heavy atom. The van der Waals surface area contributed by atoms with Crippen molar-refractivity contribution >= 4 is 24.2 Å². The average Bonchev–Trinajstić information content (AvgIpc) is 1.96. The van der Waals surface area contributed by atoms with Crippen LogP contribution in [0.1, 0.15) is 27.2 Å². The molecule has 0 aliphatic carbocycles. The zero-order valence-electron chi connectivity index (χ0n) is 9.36. The Morgan fingerprint density at radius 2 is 1.85 bits per heavy atom. The van der Waals surface area contributed by atoms with E-state index in [1.54, 1.807) is 0 Å². The molecule has 0 fully saturated rings. The number of hydrogen-bond acceptors (Lipinski definition) is 1. The number of hydrogen-bond donors (Lipinski definition) is 0. The van der Waals surface area contributed by atoms with Crippen LogP contribution in [0.25, 0.3) is 0 Å². The van der Waals surface area contributed by atoms with E-state index < -0.39 is 8.32 Å². The van der Waals surface area contributed by atoms with Crippen LogP contribution in [0.2, 0.25) is 18.1 Å². The van der Waals surface area contributed by atoms with Gasteiger partial charge in [0.25, 0.3) is 0 Å². The molecule has 0 atom stereocenters. The average molecular weight is 265 g/mol. The zero-order valence-corrected chi connectivity index (χ0v) is 11.9. The van der Waals surface area contributed by atoms with Crippen LogP contribution in [0.5, 0.6) is 0 Å².